The summed E-state index contributed by atoms with van der Waals surface area (Å²) in [7, 11) is 0. The SMILES string of the molecule is CC(C)CNCC1CCN(c2ccc(Br)cc2F)C1. The lowest BCUT2D eigenvalue weighted by Crippen LogP contribution is -2.29. The summed E-state index contributed by atoms with van der Waals surface area (Å²) in [4.78, 5) is 2.16. The Kier molecular flexibility index (Phi) is 5.22. The van der Waals surface area contributed by atoms with Crippen molar-refractivity contribution in [3.05, 3.63) is 28.5 Å². The second kappa shape index (κ2) is 6.71. The molecule has 1 aliphatic rings. The number of benzene rings is 1. The predicted molar refractivity (Wildman–Crippen MR) is 82.1 cm³/mol. The normalized spacial score (nSPS) is 19.4. The molecule has 2 rings (SSSR count). The zero-order valence-corrected chi connectivity index (χ0v) is 13.2. The lowest BCUT2D eigenvalue weighted by molar-refractivity contribution is 0.477. The summed E-state index contributed by atoms with van der Waals surface area (Å²) in [5, 5.41) is 3.49. The molecule has 0 aromatic heterocycles. The highest BCUT2D eigenvalue weighted by Gasteiger charge is 2.24. The third-order valence-electron chi connectivity index (χ3n) is 3.52. The Morgan fingerprint density at radius 2 is 2.26 bits per heavy atom. The van der Waals surface area contributed by atoms with E-state index in [0.29, 0.717) is 11.8 Å². The fourth-order valence-electron chi connectivity index (χ4n) is 2.53. The Balaban J connectivity index is 1.87. The number of halogens is 2. The summed E-state index contributed by atoms with van der Waals surface area (Å²) in [6.07, 6.45) is 1.14. The molecule has 19 heavy (non-hydrogen) atoms. The van der Waals surface area contributed by atoms with Crippen LogP contribution in [0.15, 0.2) is 22.7 Å². The molecule has 106 valence electrons. The van der Waals surface area contributed by atoms with Crippen molar-refractivity contribution in [3.63, 3.8) is 0 Å². The molecule has 1 N–H and O–H groups in total. The third-order valence-corrected chi connectivity index (χ3v) is 4.02. The van der Waals surface area contributed by atoms with Crippen LogP contribution in [0, 0.1) is 17.7 Å². The summed E-state index contributed by atoms with van der Waals surface area (Å²) in [6, 6.07) is 5.31. The van der Waals surface area contributed by atoms with E-state index in [1.807, 2.05) is 12.1 Å². The largest absolute Gasteiger partial charge is 0.369 e. The maximum atomic E-state index is 13.9. The molecule has 0 amide bonds. The van der Waals surface area contributed by atoms with Gasteiger partial charge >= 0.3 is 0 Å². The van der Waals surface area contributed by atoms with Crippen LogP contribution < -0.4 is 10.2 Å². The van der Waals surface area contributed by atoms with Gasteiger partial charge in [-0.2, -0.15) is 0 Å². The lowest BCUT2D eigenvalue weighted by Gasteiger charge is -2.20. The Morgan fingerprint density at radius 3 is 2.95 bits per heavy atom. The van der Waals surface area contributed by atoms with Gasteiger partial charge in [-0.05, 0) is 49.5 Å². The van der Waals surface area contributed by atoms with Gasteiger partial charge in [-0.25, -0.2) is 4.39 Å². The minimum atomic E-state index is -0.134. The molecule has 1 aromatic carbocycles. The Labute approximate surface area is 123 Å². The number of hydrogen-bond donors (Lipinski definition) is 1. The fraction of sp³-hybridized carbons (Fsp3) is 0.600. The molecule has 0 saturated carbocycles. The van der Waals surface area contributed by atoms with Crippen molar-refractivity contribution < 1.29 is 4.39 Å². The van der Waals surface area contributed by atoms with Gasteiger partial charge in [-0.15, -0.1) is 0 Å². The van der Waals surface area contributed by atoms with Crippen LogP contribution in [0.5, 0.6) is 0 Å². The minimum absolute atomic E-state index is 0.134. The van der Waals surface area contributed by atoms with Crippen molar-refractivity contribution in [2.24, 2.45) is 11.8 Å². The highest BCUT2D eigenvalue weighted by atomic mass is 79.9. The van der Waals surface area contributed by atoms with E-state index in [1.54, 1.807) is 6.07 Å². The van der Waals surface area contributed by atoms with Gasteiger partial charge < -0.3 is 10.2 Å². The first-order valence-corrected chi connectivity index (χ1v) is 7.76. The van der Waals surface area contributed by atoms with Crippen molar-refractivity contribution in [1.82, 2.24) is 5.32 Å². The second-order valence-electron chi connectivity index (χ2n) is 5.75. The van der Waals surface area contributed by atoms with Gasteiger partial charge in [-0.1, -0.05) is 29.8 Å². The van der Waals surface area contributed by atoms with E-state index in [1.165, 1.54) is 0 Å². The zero-order chi connectivity index (χ0) is 13.8. The molecule has 1 saturated heterocycles. The minimum Gasteiger partial charge on any atom is -0.369 e. The van der Waals surface area contributed by atoms with E-state index in [2.05, 4.69) is 40.0 Å². The average molecular weight is 329 g/mol. The van der Waals surface area contributed by atoms with Crippen molar-refractivity contribution in [3.8, 4) is 0 Å². The molecule has 0 radical (unpaired) electrons. The van der Waals surface area contributed by atoms with Crippen LogP contribution in [-0.4, -0.2) is 26.2 Å². The van der Waals surface area contributed by atoms with Gasteiger partial charge in [-0.3, -0.25) is 0 Å². The number of nitrogens with one attached hydrogen (secondary N) is 1. The van der Waals surface area contributed by atoms with Crippen LogP contribution in [-0.2, 0) is 0 Å². The van der Waals surface area contributed by atoms with Crippen LogP contribution in [0.2, 0.25) is 0 Å². The molecule has 1 aromatic rings. The molecule has 1 heterocycles. The molecule has 1 aliphatic heterocycles. The summed E-state index contributed by atoms with van der Waals surface area (Å²) >= 11 is 3.30. The van der Waals surface area contributed by atoms with E-state index < -0.39 is 0 Å². The maximum Gasteiger partial charge on any atom is 0.147 e. The molecule has 1 fully saturated rings. The number of rotatable bonds is 5. The molecule has 0 bridgehead atoms. The van der Waals surface area contributed by atoms with Crippen LogP contribution in [0.25, 0.3) is 0 Å². The molecule has 4 heteroatoms. The van der Waals surface area contributed by atoms with E-state index in [0.717, 1.165) is 42.8 Å². The Bertz CT molecular complexity index is 423. The fourth-order valence-corrected chi connectivity index (χ4v) is 2.87. The van der Waals surface area contributed by atoms with Gasteiger partial charge in [0.15, 0.2) is 0 Å². The smallest absolute Gasteiger partial charge is 0.147 e. The molecule has 1 unspecified atom stereocenters. The van der Waals surface area contributed by atoms with Crippen molar-refractivity contribution >= 4 is 21.6 Å². The van der Waals surface area contributed by atoms with Gasteiger partial charge in [0, 0.05) is 17.6 Å². The third kappa shape index (κ3) is 4.18. The Morgan fingerprint density at radius 1 is 1.47 bits per heavy atom. The molecule has 1 atom stereocenters. The number of hydrogen-bond acceptors (Lipinski definition) is 2. The van der Waals surface area contributed by atoms with E-state index in [-0.39, 0.29) is 5.82 Å². The van der Waals surface area contributed by atoms with Crippen LogP contribution in [0.1, 0.15) is 20.3 Å². The van der Waals surface area contributed by atoms with Gasteiger partial charge in [0.25, 0.3) is 0 Å². The summed E-state index contributed by atoms with van der Waals surface area (Å²) in [5.41, 5.74) is 0.731. The van der Waals surface area contributed by atoms with E-state index >= 15 is 0 Å². The molecular weight excluding hydrogens is 307 g/mol. The summed E-state index contributed by atoms with van der Waals surface area (Å²) in [6.45, 7) is 8.42. The summed E-state index contributed by atoms with van der Waals surface area (Å²) in [5.74, 6) is 1.17. The van der Waals surface area contributed by atoms with Crippen LogP contribution in [0.3, 0.4) is 0 Å². The predicted octanol–water partition coefficient (Wildman–Crippen LogP) is 3.66. The van der Waals surface area contributed by atoms with Gasteiger partial charge in [0.2, 0.25) is 0 Å². The molecule has 0 aliphatic carbocycles. The second-order valence-corrected chi connectivity index (χ2v) is 6.66. The van der Waals surface area contributed by atoms with E-state index in [9.17, 15) is 4.39 Å². The van der Waals surface area contributed by atoms with Crippen molar-refractivity contribution in [1.29, 1.82) is 0 Å². The summed E-state index contributed by atoms with van der Waals surface area (Å²) < 4.78 is 14.7. The van der Waals surface area contributed by atoms with Crippen molar-refractivity contribution in [2.45, 2.75) is 20.3 Å². The highest BCUT2D eigenvalue weighted by Crippen LogP contribution is 2.28. The zero-order valence-electron chi connectivity index (χ0n) is 11.6. The lowest BCUT2D eigenvalue weighted by atomic mass is 10.1. The van der Waals surface area contributed by atoms with Gasteiger partial charge in [0.1, 0.15) is 5.82 Å². The van der Waals surface area contributed by atoms with Gasteiger partial charge in [0.05, 0.1) is 5.69 Å². The van der Waals surface area contributed by atoms with E-state index in [4.69, 9.17) is 0 Å². The standard InChI is InChI=1S/C15H22BrFN2/c1-11(2)8-18-9-12-5-6-19(10-12)15-4-3-13(16)7-14(15)17/h3-4,7,11-12,18H,5-6,8-10H2,1-2H3. The molecular formula is C15H22BrFN2. The van der Waals surface area contributed by atoms with Crippen LogP contribution in [0.4, 0.5) is 10.1 Å². The first-order valence-electron chi connectivity index (χ1n) is 6.97. The van der Waals surface area contributed by atoms with Crippen molar-refractivity contribution in [2.75, 3.05) is 31.1 Å². The quantitative estimate of drug-likeness (QED) is 0.887. The Hall–Kier alpha value is -0.610. The first kappa shape index (κ1) is 14.8. The number of nitrogens with zero attached hydrogens (tertiary/aromatic N) is 1. The molecule has 2 nitrogen and oxygen atoms in total. The molecule has 0 spiro atoms. The maximum absolute atomic E-state index is 13.9. The first-order chi connectivity index (χ1) is 9.06. The monoisotopic (exact) mass is 328 g/mol. The average Bonchev–Trinajstić information content (AvgIpc) is 2.77. The van der Waals surface area contributed by atoms with Crippen LogP contribution >= 0.6 is 15.9 Å². The number of anilines is 1. The topological polar surface area (TPSA) is 15.3 Å². The highest BCUT2D eigenvalue weighted by molar-refractivity contribution is 9.10.